The second-order valence-electron chi connectivity index (χ2n) is 6.39. The number of aryl methyl sites for hydroxylation is 1. The number of carbonyl (C=O) groups excluding carboxylic acids is 3. The van der Waals surface area contributed by atoms with E-state index in [0.717, 1.165) is 22.9 Å². The lowest BCUT2D eigenvalue weighted by atomic mass is 10.1. The molecule has 1 atom stereocenters. The zero-order chi connectivity index (χ0) is 19.8. The zero-order valence-electron chi connectivity index (χ0n) is 15.6. The van der Waals surface area contributed by atoms with E-state index in [1.807, 2.05) is 26.0 Å². The second-order valence-corrected chi connectivity index (χ2v) is 7.25. The average Bonchev–Trinajstić information content (AvgIpc) is 2.62. The lowest BCUT2D eigenvalue weighted by Crippen LogP contribution is -2.58. The van der Waals surface area contributed by atoms with Crippen molar-refractivity contribution in [2.45, 2.75) is 39.2 Å². The Morgan fingerprint density at radius 2 is 2.15 bits per heavy atom. The van der Waals surface area contributed by atoms with Gasteiger partial charge >= 0.3 is 5.97 Å². The summed E-state index contributed by atoms with van der Waals surface area (Å²) in [7, 11) is 0. The van der Waals surface area contributed by atoms with Gasteiger partial charge in [-0.1, -0.05) is 19.4 Å². The summed E-state index contributed by atoms with van der Waals surface area (Å²) >= 11 is 3.40. The summed E-state index contributed by atoms with van der Waals surface area (Å²) in [4.78, 5) is 38.1. The third-order valence-electron chi connectivity index (χ3n) is 4.21. The topological polar surface area (TPSA) is 84.9 Å². The van der Waals surface area contributed by atoms with E-state index in [0.29, 0.717) is 25.4 Å². The van der Waals surface area contributed by atoms with Gasteiger partial charge in [0.2, 0.25) is 5.91 Å². The lowest BCUT2D eigenvalue weighted by Gasteiger charge is -2.34. The predicted molar refractivity (Wildman–Crippen MR) is 103 cm³/mol. The van der Waals surface area contributed by atoms with Crippen LogP contribution in [0.5, 0.6) is 5.75 Å². The fraction of sp³-hybridized carbons (Fsp3) is 0.526. The molecule has 1 saturated heterocycles. The smallest absolute Gasteiger partial charge is 0.308 e. The molecular formula is C19H25BrN2O5. The van der Waals surface area contributed by atoms with E-state index in [-0.39, 0.29) is 24.8 Å². The molecule has 0 spiro atoms. The summed E-state index contributed by atoms with van der Waals surface area (Å²) in [6.07, 6.45) is 1.52. The Balaban J connectivity index is 1.96. The van der Waals surface area contributed by atoms with Gasteiger partial charge in [-0.15, -0.1) is 0 Å². The first-order chi connectivity index (χ1) is 12.9. The minimum atomic E-state index is -0.870. The number of ether oxygens (including phenoxy) is 2. The molecule has 1 fully saturated rings. The number of amides is 2. The molecule has 0 bridgehead atoms. The van der Waals surface area contributed by atoms with Gasteiger partial charge in [0.15, 0.2) is 6.61 Å². The van der Waals surface area contributed by atoms with E-state index in [1.54, 1.807) is 6.07 Å². The summed E-state index contributed by atoms with van der Waals surface area (Å²) in [5.41, 5.74) is 1.06. The molecule has 1 aliphatic rings. The van der Waals surface area contributed by atoms with Crippen LogP contribution in [0.15, 0.2) is 22.7 Å². The molecule has 0 aromatic heterocycles. The van der Waals surface area contributed by atoms with Gasteiger partial charge in [0.1, 0.15) is 11.8 Å². The molecule has 7 nitrogen and oxygen atoms in total. The molecule has 2 rings (SSSR count). The number of hydrogen-bond acceptors (Lipinski definition) is 5. The highest BCUT2D eigenvalue weighted by atomic mass is 79.9. The SMILES string of the molecule is CCCCOC(=O)CC1C(=O)NCCN1C(=O)COc1ccc(C)cc1Br. The molecule has 0 saturated carbocycles. The number of rotatable bonds is 8. The Morgan fingerprint density at radius 1 is 1.37 bits per heavy atom. The first-order valence-corrected chi connectivity index (χ1v) is 9.83. The quantitative estimate of drug-likeness (QED) is 0.494. The molecule has 1 aromatic carbocycles. The molecule has 1 aliphatic heterocycles. The average molecular weight is 441 g/mol. The van der Waals surface area contributed by atoms with Gasteiger partial charge < -0.3 is 19.7 Å². The lowest BCUT2D eigenvalue weighted by molar-refractivity contribution is -0.152. The Labute approximate surface area is 167 Å². The number of halogens is 1. The van der Waals surface area contributed by atoms with Crippen LogP contribution in [0, 0.1) is 6.92 Å². The van der Waals surface area contributed by atoms with Crippen molar-refractivity contribution in [3.05, 3.63) is 28.2 Å². The molecule has 2 amide bonds. The maximum absolute atomic E-state index is 12.6. The molecule has 27 heavy (non-hydrogen) atoms. The van der Waals surface area contributed by atoms with Gasteiger partial charge in [-0.3, -0.25) is 14.4 Å². The normalized spacial score (nSPS) is 16.6. The Hall–Kier alpha value is -2.09. The summed E-state index contributed by atoms with van der Waals surface area (Å²) in [6.45, 7) is 4.74. The third kappa shape index (κ3) is 6.23. The highest BCUT2D eigenvalue weighted by Crippen LogP contribution is 2.25. The van der Waals surface area contributed by atoms with Crippen LogP contribution in [0.2, 0.25) is 0 Å². The Morgan fingerprint density at radius 3 is 2.85 bits per heavy atom. The molecule has 0 aliphatic carbocycles. The number of unbranched alkanes of at least 4 members (excludes halogenated alkanes) is 1. The van der Waals surface area contributed by atoms with Crippen LogP contribution < -0.4 is 10.1 Å². The van der Waals surface area contributed by atoms with Crippen LogP contribution in [0.4, 0.5) is 0 Å². The number of nitrogens with zero attached hydrogens (tertiary/aromatic N) is 1. The van der Waals surface area contributed by atoms with Crippen molar-refractivity contribution in [2.24, 2.45) is 0 Å². The van der Waals surface area contributed by atoms with E-state index < -0.39 is 12.0 Å². The van der Waals surface area contributed by atoms with Crippen molar-refractivity contribution in [1.29, 1.82) is 0 Å². The van der Waals surface area contributed by atoms with Crippen LogP contribution in [-0.4, -0.2) is 55.0 Å². The van der Waals surface area contributed by atoms with E-state index in [1.165, 1.54) is 4.90 Å². The molecule has 8 heteroatoms. The van der Waals surface area contributed by atoms with Crippen molar-refractivity contribution in [1.82, 2.24) is 10.2 Å². The van der Waals surface area contributed by atoms with Gasteiger partial charge in [-0.05, 0) is 47.0 Å². The second kappa shape index (κ2) is 10.3. The largest absolute Gasteiger partial charge is 0.483 e. The minimum absolute atomic E-state index is 0.157. The van der Waals surface area contributed by atoms with Crippen molar-refractivity contribution < 1.29 is 23.9 Å². The number of benzene rings is 1. The maximum atomic E-state index is 12.6. The van der Waals surface area contributed by atoms with Crippen LogP contribution in [0.25, 0.3) is 0 Å². The van der Waals surface area contributed by atoms with Gasteiger partial charge in [0.05, 0.1) is 17.5 Å². The monoisotopic (exact) mass is 440 g/mol. The van der Waals surface area contributed by atoms with Crippen molar-refractivity contribution in [3.8, 4) is 5.75 Å². The van der Waals surface area contributed by atoms with Crippen LogP contribution >= 0.6 is 15.9 Å². The number of esters is 1. The van der Waals surface area contributed by atoms with Crippen molar-refractivity contribution >= 4 is 33.7 Å². The Kier molecular flexibility index (Phi) is 8.09. The molecule has 1 heterocycles. The van der Waals surface area contributed by atoms with E-state index in [2.05, 4.69) is 21.2 Å². The van der Waals surface area contributed by atoms with E-state index in [9.17, 15) is 14.4 Å². The van der Waals surface area contributed by atoms with Gasteiger partial charge in [0.25, 0.3) is 5.91 Å². The summed E-state index contributed by atoms with van der Waals surface area (Å²) < 4.78 is 11.5. The summed E-state index contributed by atoms with van der Waals surface area (Å²) in [5, 5.41) is 2.69. The van der Waals surface area contributed by atoms with E-state index >= 15 is 0 Å². The molecule has 0 radical (unpaired) electrons. The first kappa shape index (κ1) is 21.2. The van der Waals surface area contributed by atoms with Crippen LogP contribution in [0.3, 0.4) is 0 Å². The highest BCUT2D eigenvalue weighted by molar-refractivity contribution is 9.10. The fourth-order valence-corrected chi connectivity index (χ4v) is 3.32. The maximum Gasteiger partial charge on any atom is 0.308 e. The van der Waals surface area contributed by atoms with Gasteiger partial charge in [-0.25, -0.2) is 0 Å². The van der Waals surface area contributed by atoms with Gasteiger partial charge in [0, 0.05) is 13.1 Å². The van der Waals surface area contributed by atoms with Gasteiger partial charge in [-0.2, -0.15) is 0 Å². The number of nitrogens with one attached hydrogen (secondary N) is 1. The number of piperazine rings is 1. The number of hydrogen-bond donors (Lipinski definition) is 1. The highest BCUT2D eigenvalue weighted by Gasteiger charge is 2.35. The Bertz CT molecular complexity index is 695. The zero-order valence-corrected chi connectivity index (χ0v) is 17.2. The third-order valence-corrected chi connectivity index (χ3v) is 4.83. The standard InChI is InChI=1S/C19H25BrN2O5/c1-3-4-9-26-18(24)11-15-19(25)21-7-8-22(15)17(23)12-27-16-6-5-13(2)10-14(16)20/h5-6,10,15H,3-4,7-9,11-12H2,1-2H3,(H,21,25). The van der Waals surface area contributed by atoms with Crippen LogP contribution in [-0.2, 0) is 19.1 Å². The van der Waals surface area contributed by atoms with Crippen molar-refractivity contribution in [2.75, 3.05) is 26.3 Å². The molecule has 148 valence electrons. The van der Waals surface area contributed by atoms with Crippen molar-refractivity contribution in [3.63, 3.8) is 0 Å². The first-order valence-electron chi connectivity index (χ1n) is 9.04. The molecular weight excluding hydrogens is 416 g/mol. The minimum Gasteiger partial charge on any atom is -0.483 e. The predicted octanol–water partition coefficient (Wildman–Crippen LogP) is 2.20. The summed E-state index contributed by atoms with van der Waals surface area (Å²) in [6, 6.07) is 4.68. The molecule has 1 aromatic rings. The summed E-state index contributed by atoms with van der Waals surface area (Å²) in [5.74, 6) is -0.626. The molecule has 1 unspecified atom stereocenters. The molecule has 1 N–H and O–H groups in total. The van der Waals surface area contributed by atoms with Crippen LogP contribution in [0.1, 0.15) is 31.7 Å². The number of carbonyl (C=O) groups is 3. The van der Waals surface area contributed by atoms with E-state index in [4.69, 9.17) is 9.47 Å². The fourth-order valence-electron chi connectivity index (χ4n) is 2.71.